The first kappa shape index (κ1) is 49.7. The number of benzene rings is 7. The average Bonchev–Trinajstić information content (AvgIpc) is 3.35. The summed E-state index contributed by atoms with van der Waals surface area (Å²) >= 11 is 28.4. The molecule has 2 aliphatic heterocycles. The Morgan fingerprint density at radius 3 is 1.06 bits per heavy atom. The molecule has 6 amide bonds. The van der Waals surface area contributed by atoms with Crippen LogP contribution in [0.3, 0.4) is 0 Å². The van der Waals surface area contributed by atoms with Gasteiger partial charge in [-0.25, -0.2) is 19.2 Å². The molecular weight excluding hydrogens is 1010 g/mol. The van der Waals surface area contributed by atoms with Crippen LogP contribution in [0.4, 0.5) is 9.59 Å². The summed E-state index contributed by atoms with van der Waals surface area (Å²) in [5.41, 5.74) is 1.15. The summed E-state index contributed by atoms with van der Waals surface area (Å²) < 4.78 is 10.4. The van der Waals surface area contributed by atoms with E-state index in [1.54, 1.807) is 24.3 Å². The molecule has 0 spiro atoms. The summed E-state index contributed by atoms with van der Waals surface area (Å²) in [7, 11) is 0. The molecule has 9 rings (SSSR count). The number of aliphatic carboxylic acids is 2. The minimum absolute atomic E-state index is 0.0562. The number of unbranched alkanes of at least 4 members (excludes halogenated alkanes) is 2. The lowest BCUT2D eigenvalue weighted by Crippen LogP contribution is -2.50. The Kier molecular flexibility index (Phi) is 14.1. The zero-order chi connectivity index (χ0) is 51.1. The summed E-state index contributed by atoms with van der Waals surface area (Å²) in [6.45, 7) is 0.368. The third-order valence-corrected chi connectivity index (χ3v) is 14.1. The smallest absolute Gasteiger partial charge is 0.407 e. The van der Waals surface area contributed by atoms with Crippen molar-refractivity contribution in [2.75, 3.05) is 13.1 Å². The minimum atomic E-state index is -1.63. The van der Waals surface area contributed by atoms with Gasteiger partial charge in [-0.2, -0.15) is 0 Å². The quantitative estimate of drug-likeness (QED) is 0.0273. The molecule has 0 fully saturated rings. The van der Waals surface area contributed by atoms with E-state index in [2.05, 4.69) is 10.6 Å². The minimum Gasteiger partial charge on any atom is -0.480 e. The van der Waals surface area contributed by atoms with Crippen molar-refractivity contribution in [2.24, 2.45) is 0 Å². The summed E-state index contributed by atoms with van der Waals surface area (Å²) in [4.78, 5) is 109. The van der Waals surface area contributed by atoms with Gasteiger partial charge in [0, 0.05) is 76.3 Å². The second-order valence-corrected chi connectivity index (χ2v) is 18.9. The number of carbonyl (C=O) groups excluding carboxylic acids is 6. The van der Waals surface area contributed by atoms with Gasteiger partial charge in [0.15, 0.2) is 0 Å². The van der Waals surface area contributed by atoms with Crippen molar-refractivity contribution in [3.8, 4) is 0 Å². The normalized spacial score (nSPS) is 14.1. The van der Waals surface area contributed by atoms with Crippen LogP contribution >= 0.6 is 46.4 Å². The van der Waals surface area contributed by atoms with Crippen LogP contribution in [0.2, 0.25) is 20.1 Å². The molecule has 0 saturated heterocycles. The third-order valence-electron chi connectivity index (χ3n) is 12.9. The molecule has 2 atom stereocenters. The van der Waals surface area contributed by atoms with Crippen LogP contribution in [-0.2, 0) is 32.3 Å². The van der Waals surface area contributed by atoms with E-state index in [0.29, 0.717) is 9.80 Å². The van der Waals surface area contributed by atoms with Gasteiger partial charge >= 0.3 is 24.1 Å². The number of hydrogen-bond donors (Lipinski definition) is 4. The van der Waals surface area contributed by atoms with Crippen molar-refractivity contribution < 1.29 is 58.0 Å². The van der Waals surface area contributed by atoms with Gasteiger partial charge < -0.3 is 30.3 Å². The summed E-state index contributed by atoms with van der Waals surface area (Å²) in [5.74, 6) is -6.68. The summed E-state index contributed by atoms with van der Waals surface area (Å²) in [5, 5.41) is 27.1. The summed E-state index contributed by atoms with van der Waals surface area (Å²) in [6.07, 6.45) is -0.719. The molecule has 72 heavy (non-hydrogen) atoms. The Bertz CT molecular complexity index is 3070. The maximum Gasteiger partial charge on any atom is 0.407 e. The number of carbonyl (C=O) groups is 8. The first-order valence-corrected chi connectivity index (χ1v) is 24.2. The Labute approximate surface area is 428 Å². The highest BCUT2D eigenvalue weighted by atomic mass is 35.5. The van der Waals surface area contributed by atoms with E-state index < -0.39 is 59.8 Å². The van der Waals surface area contributed by atoms with E-state index in [1.165, 1.54) is 24.3 Å². The number of carboxylic acids is 2. The number of alkyl carbamates (subject to hydrolysis) is 2. The molecule has 2 heterocycles. The molecule has 16 nitrogen and oxygen atoms in total. The molecule has 2 aliphatic rings. The number of imide groups is 2. The van der Waals surface area contributed by atoms with E-state index in [1.807, 2.05) is 36.4 Å². The van der Waals surface area contributed by atoms with Crippen LogP contribution in [0, 0.1) is 0 Å². The molecule has 0 saturated carbocycles. The molecule has 368 valence electrons. The van der Waals surface area contributed by atoms with Crippen molar-refractivity contribution in [3.05, 3.63) is 138 Å². The van der Waals surface area contributed by atoms with E-state index in [9.17, 15) is 48.6 Å². The first-order valence-electron chi connectivity index (χ1n) is 22.7. The van der Waals surface area contributed by atoms with Gasteiger partial charge in [0.05, 0.1) is 22.3 Å². The third kappa shape index (κ3) is 9.04. The van der Waals surface area contributed by atoms with Crippen molar-refractivity contribution in [2.45, 2.75) is 63.8 Å². The number of halogens is 4. The highest BCUT2D eigenvalue weighted by Crippen LogP contribution is 2.54. The van der Waals surface area contributed by atoms with Crippen LogP contribution in [0.25, 0.3) is 43.1 Å². The van der Waals surface area contributed by atoms with Crippen LogP contribution in [0.5, 0.6) is 0 Å². The van der Waals surface area contributed by atoms with E-state index in [-0.39, 0.29) is 150 Å². The fourth-order valence-electron chi connectivity index (χ4n) is 9.64. The molecule has 0 bridgehead atoms. The number of ether oxygens (including phenoxy) is 2. The zero-order valence-corrected chi connectivity index (χ0v) is 40.7. The van der Waals surface area contributed by atoms with Crippen LogP contribution < -0.4 is 10.6 Å². The molecule has 4 N–H and O–H groups in total. The number of rotatable bonds is 18. The van der Waals surface area contributed by atoms with Gasteiger partial charge in [-0.3, -0.25) is 29.0 Å². The molecule has 20 heteroatoms. The number of nitrogens with one attached hydrogen (secondary N) is 2. The Morgan fingerprint density at radius 2 is 0.764 bits per heavy atom. The van der Waals surface area contributed by atoms with Gasteiger partial charge in [0.1, 0.15) is 25.3 Å². The fraction of sp³-hybridized carbons (Fsp3) is 0.231. The fourth-order valence-corrected chi connectivity index (χ4v) is 10.8. The van der Waals surface area contributed by atoms with Crippen molar-refractivity contribution in [3.63, 3.8) is 0 Å². The van der Waals surface area contributed by atoms with Gasteiger partial charge in [-0.05, 0) is 73.9 Å². The number of nitrogens with zero attached hydrogens (tertiary/aromatic N) is 2. The molecule has 0 aromatic heterocycles. The van der Waals surface area contributed by atoms with Crippen LogP contribution in [0.15, 0.2) is 84.9 Å². The number of amides is 6. The molecule has 7 aromatic rings. The van der Waals surface area contributed by atoms with Crippen molar-refractivity contribution in [1.29, 1.82) is 0 Å². The van der Waals surface area contributed by atoms with Crippen molar-refractivity contribution in [1.82, 2.24) is 20.4 Å². The predicted octanol–water partition coefficient (Wildman–Crippen LogP) is 10.6. The van der Waals surface area contributed by atoms with Crippen LogP contribution in [0.1, 0.15) is 91.1 Å². The van der Waals surface area contributed by atoms with Crippen molar-refractivity contribution >= 4 is 137 Å². The van der Waals surface area contributed by atoms with E-state index in [0.717, 1.165) is 11.1 Å². The maximum atomic E-state index is 14.5. The second kappa shape index (κ2) is 20.5. The highest BCUT2D eigenvalue weighted by molar-refractivity contribution is 6.56. The Morgan fingerprint density at radius 1 is 0.458 bits per heavy atom. The lowest BCUT2D eigenvalue weighted by atomic mass is 9.81. The number of fused-ring (bicyclic) bond motifs is 2. The topological polar surface area (TPSA) is 226 Å². The van der Waals surface area contributed by atoms with Gasteiger partial charge in [0.25, 0.3) is 23.6 Å². The van der Waals surface area contributed by atoms with Gasteiger partial charge in [0.2, 0.25) is 0 Å². The molecule has 0 aliphatic carbocycles. The molecule has 7 aromatic carbocycles. The van der Waals surface area contributed by atoms with Gasteiger partial charge in [-0.1, -0.05) is 107 Å². The standard InChI is InChI=1S/C52H40Cl4N4O12/c53-31-19-27-37-28(46(62)59(45(27)61)35(49(65)66)15-7-9-17-57-51(69)71-23-25-11-3-1-4-12-25)20-32(54)40-42-34(56)22-30-38-29(21-33(55)41(44(38)42)39(31)43(37)40)47(63)60(48(30)64)36(50(67)68)16-8-10-18-58-52(70)72-24-26-13-5-2-6-14-26/h1-6,11-14,19-22,35-36H,7-10,15-18,23-24H2,(H,57,69)(H,58,70)(H,65,66)(H,67,68)/t35-,36-/m0/s1. The largest absolute Gasteiger partial charge is 0.480 e. The monoisotopic (exact) mass is 1050 g/mol. The van der Waals surface area contributed by atoms with E-state index >= 15 is 0 Å². The lowest BCUT2D eigenvalue weighted by Gasteiger charge is -2.34. The maximum absolute atomic E-state index is 14.5. The molecular formula is C52H40Cl4N4O12. The summed E-state index contributed by atoms with van der Waals surface area (Å²) in [6, 6.07) is 20.1. The number of carboxylic acid groups (broad SMARTS) is 2. The molecule has 0 unspecified atom stereocenters. The first-order chi connectivity index (χ1) is 34.6. The zero-order valence-electron chi connectivity index (χ0n) is 37.7. The predicted molar refractivity (Wildman–Crippen MR) is 269 cm³/mol. The highest BCUT2D eigenvalue weighted by Gasteiger charge is 2.45. The molecule has 0 radical (unpaired) electrons. The average molecular weight is 1050 g/mol. The lowest BCUT2D eigenvalue weighted by molar-refractivity contribution is -0.142. The SMILES string of the molecule is O=C(NCCCC[C@@H](C(=O)O)N1C(=O)c2cc(Cl)c3c4c(Cl)cc5c6c(cc(Cl)c(c7c(Cl)cc(c2c37)C1=O)c64)C(=O)N([C@@H](CCCCNC(=O)OCc1ccccc1)C(=O)O)C5=O)OCc1ccccc1. The van der Waals surface area contributed by atoms with E-state index in [4.69, 9.17) is 55.9 Å². The second-order valence-electron chi connectivity index (χ2n) is 17.3. The Balaban J connectivity index is 0.991. The Hall–Kier alpha value is -7.24. The van der Waals surface area contributed by atoms with Gasteiger partial charge in [-0.15, -0.1) is 0 Å². The number of hydrogen-bond acceptors (Lipinski definition) is 10. The van der Waals surface area contributed by atoms with Crippen LogP contribution in [-0.4, -0.2) is 92.9 Å².